The molecule has 0 aromatic heterocycles. The first kappa shape index (κ1) is 10.2. The largest absolute Gasteiger partial charge is 0.192 e. The molecule has 0 unspecified atom stereocenters. The monoisotopic (exact) mass is 158 g/mol. The Balaban J connectivity index is 4.98. The minimum Gasteiger partial charge on any atom is -0.192 e. The van der Waals surface area contributed by atoms with E-state index in [0.29, 0.717) is 11.1 Å². The molecule has 0 N–H and O–H groups in total. The molecule has 0 aliphatic heterocycles. The molecule has 2 heteroatoms. The first-order valence-corrected chi connectivity index (χ1v) is 3.49. The molecule has 0 heterocycles. The highest BCUT2D eigenvalue weighted by Crippen LogP contribution is 2.09. The summed E-state index contributed by atoms with van der Waals surface area (Å²) in [5.74, 6) is 0. The molecule has 0 saturated carbocycles. The zero-order chi connectivity index (χ0) is 9.56. The summed E-state index contributed by atoms with van der Waals surface area (Å²) in [5, 5.41) is 17.3. The molecule has 0 bridgehead atoms. The second-order valence-electron chi connectivity index (χ2n) is 2.33. The third-order valence-corrected chi connectivity index (χ3v) is 1.21. The van der Waals surface area contributed by atoms with E-state index in [1.807, 2.05) is 12.1 Å². The highest BCUT2D eigenvalue weighted by Gasteiger charge is 2.00. The smallest absolute Gasteiger partial charge is 0.101 e. The van der Waals surface area contributed by atoms with Crippen LogP contribution in [0.1, 0.15) is 13.8 Å². The maximum atomic E-state index is 8.66. The van der Waals surface area contributed by atoms with Gasteiger partial charge in [-0.25, -0.2) is 0 Å². The van der Waals surface area contributed by atoms with E-state index < -0.39 is 0 Å². The Morgan fingerprint density at radius 1 is 1.25 bits per heavy atom. The average Bonchev–Trinajstić information content (AvgIpc) is 2.04. The van der Waals surface area contributed by atoms with Crippen LogP contribution >= 0.6 is 0 Å². The number of allylic oxidation sites excluding steroid dienone is 5. The Morgan fingerprint density at radius 2 is 1.75 bits per heavy atom. The van der Waals surface area contributed by atoms with Gasteiger partial charge in [-0.15, -0.1) is 0 Å². The van der Waals surface area contributed by atoms with Crippen LogP contribution in [0.5, 0.6) is 0 Å². The van der Waals surface area contributed by atoms with E-state index in [0.717, 1.165) is 5.57 Å². The van der Waals surface area contributed by atoms with Gasteiger partial charge in [0.2, 0.25) is 0 Å². The summed E-state index contributed by atoms with van der Waals surface area (Å²) in [7, 11) is 0. The third-order valence-electron chi connectivity index (χ3n) is 1.21. The van der Waals surface area contributed by atoms with E-state index in [9.17, 15) is 0 Å². The number of nitrogens with zero attached hydrogens (tertiary/aromatic N) is 2. The fraction of sp³-hybridized carbons (Fsp3) is 0.200. The van der Waals surface area contributed by atoms with Gasteiger partial charge in [-0.3, -0.25) is 0 Å². The Hall–Kier alpha value is -1.80. The van der Waals surface area contributed by atoms with Gasteiger partial charge in [-0.05, 0) is 19.9 Å². The maximum absolute atomic E-state index is 8.66. The molecule has 60 valence electrons. The van der Waals surface area contributed by atoms with Crippen molar-refractivity contribution in [1.29, 1.82) is 10.5 Å². The van der Waals surface area contributed by atoms with E-state index >= 15 is 0 Å². The van der Waals surface area contributed by atoms with Gasteiger partial charge in [0.05, 0.1) is 11.1 Å². The Morgan fingerprint density at radius 3 is 2.00 bits per heavy atom. The topological polar surface area (TPSA) is 47.6 Å². The molecule has 0 saturated heterocycles. The molecule has 0 radical (unpaired) electrons. The van der Waals surface area contributed by atoms with Gasteiger partial charge in [0.25, 0.3) is 0 Å². The molecule has 0 atom stereocenters. The summed E-state index contributed by atoms with van der Waals surface area (Å²) in [6, 6.07) is 3.88. The molecule has 0 aliphatic carbocycles. The minimum absolute atomic E-state index is 0.368. The second kappa shape index (κ2) is 4.93. The van der Waals surface area contributed by atoms with Gasteiger partial charge >= 0.3 is 0 Å². The minimum atomic E-state index is 0.368. The van der Waals surface area contributed by atoms with Gasteiger partial charge in [-0.2, -0.15) is 10.5 Å². The van der Waals surface area contributed by atoms with E-state index in [4.69, 9.17) is 10.5 Å². The zero-order valence-corrected chi connectivity index (χ0v) is 7.26. The van der Waals surface area contributed by atoms with Crippen molar-refractivity contribution < 1.29 is 0 Å². The summed E-state index contributed by atoms with van der Waals surface area (Å²) in [4.78, 5) is 0. The zero-order valence-electron chi connectivity index (χ0n) is 7.26. The molecule has 0 amide bonds. The highest BCUT2D eigenvalue weighted by atomic mass is 14.3. The van der Waals surface area contributed by atoms with Crippen molar-refractivity contribution in [3.05, 3.63) is 35.5 Å². The standard InChI is InChI=1S/C10H10N2/c1-4-9(6-11)10(7-12)5-8(2)3/h4-5H,2H2,1,3H3/b9-4-,10-5-. The molecule has 0 aromatic carbocycles. The van der Waals surface area contributed by atoms with Crippen molar-refractivity contribution in [3.63, 3.8) is 0 Å². The lowest BCUT2D eigenvalue weighted by Gasteiger charge is -1.93. The molecule has 0 aromatic rings. The molecular weight excluding hydrogens is 148 g/mol. The van der Waals surface area contributed by atoms with E-state index in [1.165, 1.54) is 0 Å². The van der Waals surface area contributed by atoms with Crippen molar-refractivity contribution in [2.24, 2.45) is 0 Å². The third kappa shape index (κ3) is 2.86. The first-order chi connectivity index (χ1) is 5.65. The first-order valence-electron chi connectivity index (χ1n) is 3.49. The van der Waals surface area contributed by atoms with Gasteiger partial charge in [0.1, 0.15) is 12.1 Å². The summed E-state index contributed by atoms with van der Waals surface area (Å²) < 4.78 is 0. The molecular formula is C10H10N2. The lowest BCUT2D eigenvalue weighted by molar-refractivity contribution is 1.40. The van der Waals surface area contributed by atoms with Crippen LogP contribution in [0.2, 0.25) is 0 Å². The highest BCUT2D eigenvalue weighted by molar-refractivity contribution is 5.51. The van der Waals surface area contributed by atoms with Crippen molar-refractivity contribution in [1.82, 2.24) is 0 Å². The Bertz CT molecular complexity index is 319. The van der Waals surface area contributed by atoms with Crippen LogP contribution in [0, 0.1) is 22.7 Å². The number of nitriles is 2. The van der Waals surface area contributed by atoms with Crippen molar-refractivity contribution in [2.45, 2.75) is 13.8 Å². The average molecular weight is 158 g/mol. The predicted molar refractivity (Wildman–Crippen MR) is 47.9 cm³/mol. The van der Waals surface area contributed by atoms with Crippen LogP contribution in [0.15, 0.2) is 35.5 Å². The molecule has 0 spiro atoms. The van der Waals surface area contributed by atoms with Crippen molar-refractivity contribution in [3.8, 4) is 12.1 Å². The van der Waals surface area contributed by atoms with Gasteiger partial charge in [0, 0.05) is 0 Å². The van der Waals surface area contributed by atoms with Crippen molar-refractivity contribution in [2.75, 3.05) is 0 Å². The maximum Gasteiger partial charge on any atom is 0.101 e. The van der Waals surface area contributed by atoms with E-state index in [-0.39, 0.29) is 0 Å². The van der Waals surface area contributed by atoms with Crippen LogP contribution in [0.25, 0.3) is 0 Å². The van der Waals surface area contributed by atoms with Crippen molar-refractivity contribution >= 4 is 0 Å². The van der Waals surface area contributed by atoms with E-state index in [1.54, 1.807) is 26.0 Å². The molecule has 0 aliphatic rings. The lowest BCUT2D eigenvalue weighted by atomic mass is 10.1. The molecule has 0 fully saturated rings. The quantitative estimate of drug-likeness (QED) is 0.458. The van der Waals surface area contributed by atoms with Crippen LogP contribution in [0.4, 0.5) is 0 Å². The van der Waals surface area contributed by atoms with Gasteiger partial charge < -0.3 is 0 Å². The van der Waals surface area contributed by atoms with Crippen LogP contribution in [-0.4, -0.2) is 0 Å². The fourth-order valence-electron chi connectivity index (χ4n) is 0.697. The van der Waals surface area contributed by atoms with E-state index in [2.05, 4.69) is 6.58 Å². The summed E-state index contributed by atoms with van der Waals surface area (Å²) in [6.45, 7) is 7.13. The SMILES string of the molecule is C=C(C)/C=C(C#N)\C(C#N)=C/C. The Kier molecular flexibility index (Phi) is 4.19. The number of hydrogen-bond acceptors (Lipinski definition) is 2. The summed E-state index contributed by atoms with van der Waals surface area (Å²) >= 11 is 0. The van der Waals surface area contributed by atoms with Crippen LogP contribution < -0.4 is 0 Å². The fourth-order valence-corrected chi connectivity index (χ4v) is 0.697. The molecule has 0 rings (SSSR count). The van der Waals surface area contributed by atoms with Gasteiger partial charge in [0.15, 0.2) is 0 Å². The number of rotatable bonds is 2. The second-order valence-corrected chi connectivity index (χ2v) is 2.33. The molecule has 2 nitrogen and oxygen atoms in total. The summed E-state index contributed by atoms with van der Waals surface area (Å²) in [5.41, 5.74) is 1.52. The van der Waals surface area contributed by atoms with Gasteiger partial charge in [-0.1, -0.05) is 18.2 Å². The Labute approximate surface area is 72.7 Å². The number of hydrogen-bond donors (Lipinski definition) is 0. The lowest BCUT2D eigenvalue weighted by Crippen LogP contribution is -1.83. The summed E-state index contributed by atoms with van der Waals surface area (Å²) in [6.07, 6.45) is 3.20. The van der Waals surface area contributed by atoms with Crippen LogP contribution in [-0.2, 0) is 0 Å². The molecule has 12 heavy (non-hydrogen) atoms. The predicted octanol–water partition coefficient (Wildman–Crippen LogP) is 2.48. The normalized spacial score (nSPS) is 11.7. The van der Waals surface area contributed by atoms with Crippen LogP contribution in [0.3, 0.4) is 0 Å².